The minimum absolute atomic E-state index is 0.201. The van der Waals surface area contributed by atoms with E-state index < -0.39 is 0 Å². The van der Waals surface area contributed by atoms with Gasteiger partial charge in [0.05, 0.1) is 0 Å². The van der Waals surface area contributed by atoms with Crippen LogP contribution in [0.25, 0.3) is 5.65 Å². The standard InChI is InChI=1S/C11H14N4OS/c16-11-14-13-9-10(12-6-7-15(9)11)17-8-4-2-1-3-5-8/h6-8H,1-5H2,(H,14,16). The van der Waals surface area contributed by atoms with Crippen molar-refractivity contribution in [2.75, 3.05) is 0 Å². The molecule has 5 nitrogen and oxygen atoms in total. The zero-order valence-electron chi connectivity index (χ0n) is 9.43. The molecule has 0 aromatic carbocycles. The third-order valence-corrected chi connectivity index (χ3v) is 4.45. The highest BCUT2D eigenvalue weighted by molar-refractivity contribution is 8.00. The van der Waals surface area contributed by atoms with Crippen molar-refractivity contribution in [2.24, 2.45) is 0 Å². The Kier molecular flexibility index (Phi) is 2.88. The molecule has 90 valence electrons. The van der Waals surface area contributed by atoms with Crippen LogP contribution in [0.4, 0.5) is 0 Å². The minimum Gasteiger partial charge on any atom is -0.247 e. The number of hydrogen-bond acceptors (Lipinski definition) is 4. The van der Waals surface area contributed by atoms with Crippen LogP contribution in [0.3, 0.4) is 0 Å². The van der Waals surface area contributed by atoms with E-state index >= 15 is 0 Å². The van der Waals surface area contributed by atoms with Crippen molar-refractivity contribution in [1.82, 2.24) is 19.6 Å². The highest BCUT2D eigenvalue weighted by Gasteiger charge is 2.17. The molecule has 1 aliphatic rings. The molecule has 0 radical (unpaired) electrons. The second-order valence-electron chi connectivity index (χ2n) is 4.33. The van der Waals surface area contributed by atoms with Crippen LogP contribution >= 0.6 is 11.8 Å². The van der Waals surface area contributed by atoms with Crippen molar-refractivity contribution in [3.8, 4) is 0 Å². The van der Waals surface area contributed by atoms with E-state index in [1.54, 1.807) is 24.2 Å². The lowest BCUT2D eigenvalue weighted by Gasteiger charge is -2.20. The van der Waals surface area contributed by atoms with Gasteiger partial charge in [-0.05, 0) is 12.8 Å². The molecule has 3 rings (SSSR count). The fraction of sp³-hybridized carbons (Fsp3) is 0.545. The Hall–Kier alpha value is -1.30. The molecule has 0 aliphatic heterocycles. The fourth-order valence-corrected chi connectivity index (χ4v) is 3.50. The van der Waals surface area contributed by atoms with E-state index in [9.17, 15) is 4.79 Å². The Balaban J connectivity index is 1.91. The number of fused-ring (bicyclic) bond motifs is 1. The zero-order valence-corrected chi connectivity index (χ0v) is 10.2. The highest BCUT2D eigenvalue weighted by atomic mass is 32.2. The first-order valence-corrected chi connectivity index (χ1v) is 6.81. The number of rotatable bonds is 2. The van der Waals surface area contributed by atoms with Gasteiger partial charge in [0.2, 0.25) is 0 Å². The predicted octanol–water partition coefficient (Wildman–Crippen LogP) is 1.84. The molecule has 17 heavy (non-hydrogen) atoms. The first kappa shape index (κ1) is 10.8. The Morgan fingerprint density at radius 1 is 1.35 bits per heavy atom. The number of thioether (sulfide) groups is 1. The van der Waals surface area contributed by atoms with E-state index in [4.69, 9.17) is 0 Å². The molecule has 6 heteroatoms. The average Bonchev–Trinajstić information content (AvgIpc) is 2.74. The van der Waals surface area contributed by atoms with Crippen LogP contribution < -0.4 is 5.69 Å². The topological polar surface area (TPSA) is 63.0 Å². The van der Waals surface area contributed by atoms with Gasteiger partial charge >= 0.3 is 5.69 Å². The molecular weight excluding hydrogens is 236 g/mol. The molecule has 1 aliphatic carbocycles. The summed E-state index contributed by atoms with van der Waals surface area (Å²) < 4.78 is 1.51. The van der Waals surface area contributed by atoms with Gasteiger partial charge in [-0.25, -0.2) is 19.3 Å². The second kappa shape index (κ2) is 4.52. The minimum atomic E-state index is -0.201. The molecule has 0 saturated heterocycles. The summed E-state index contributed by atoms with van der Waals surface area (Å²) >= 11 is 1.75. The number of aromatic nitrogens is 4. The molecule has 0 unspecified atom stereocenters. The Labute approximate surface area is 103 Å². The van der Waals surface area contributed by atoms with Crippen LogP contribution in [0.1, 0.15) is 32.1 Å². The number of aromatic amines is 1. The van der Waals surface area contributed by atoms with Crippen LogP contribution in [-0.4, -0.2) is 24.8 Å². The SMILES string of the molecule is O=c1[nH]nc2c(SC3CCCCC3)nccn12. The van der Waals surface area contributed by atoms with Crippen LogP contribution in [-0.2, 0) is 0 Å². The quantitative estimate of drug-likeness (QED) is 0.883. The monoisotopic (exact) mass is 250 g/mol. The summed E-state index contributed by atoms with van der Waals surface area (Å²) in [4.78, 5) is 15.8. The summed E-state index contributed by atoms with van der Waals surface area (Å²) in [6, 6.07) is 0. The molecule has 1 N–H and O–H groups in total. The molecule has 2 aromatic rings. The van der Waals surface area contributed by atoms with E-state index in [-0.39, 0.29) is 5.69 Å². The summed E-state index contributed by atoms with van der Waals surface area (Å²) in [5, 5.41) is 7.96. The third kappa shape index (κ3) is 2.09. The van der Waals surface area contributed by atoms with Crippen LogP contribution in [0.2, 0.25) is 0 Å². The molecule has 0 atom stereocenters. The highest BCUT2D eigenvalue weighted by Crippen LogP contribution is 2.33. The smallest absolute Gasteiger partial charge is 0.247 e. The zero-order chi connectivity index (χ0) is 11.7. The van der Waals surface area contributed by atoms with Crippen LogP contribution in [0.15, 0.2) is 22.2 Å². The Morgan fingerprint density at radius 3 is 3.00 bits per heavy atom. The van der Waals surface area contributed by atoms with Crippen molar-refractivity contribution in [3.63, 3.8) is 0 Å². The number of hydrogen-bond donors (Lipinski definition) is 1. The van der Waals surface area contributed by atoms with E-state index in [0.29, 0.717) is 10.9 Å². The summed E-state index contributed by atoms with van der Waals surface area (Å²) in [7, 11) is 0. The summed E-state index contributed by atoms with van der Waals surface area (Å²) in [6.07, 6.45) is 9.73. The van der Waals surface area contributed by atoms with Crippen LogP contribution in [0, 0.1) is 0 Å². The Bertz CT molecular complexity index is 570. The molecule has 0 amide bonds. The van der Waals surface area contributed by atoms with Gasteiger partial charge in [-0.1, -0.05) is 31.0 Å². The maximum absolute atomic E-state index is 11.4. The lowest BCUT2D eigenvalue weighted by Crippen LogP contribution is -2.11. The maximum Gasteiger partial charge on any atom is 0.347 e. The van der Waals surface area contributed by atoms with Gasteiger partial charge < -0.3 is 0 Å². The van der Waals surface area contributed by atoms with E-state index in [0.717, 1.165) is 5.03 Å². The third-order valence-electron chi connectivity index (χ3n) is 3.13. The summed E-state index contributed by atoms with van der Waals surface area (Å²) in [5.74, 6) is 0. The Morgan fingerprint density at radius 2 is 2.18 bits per heavy atom. The molecule has 0 spiro atoms. The van der Waals surface area contributed by atoms with Gasteiger partial charge in [0, 0.05) is 17.6 Å². The predicted molar refractivity (Wildman–Crippen MR) is 66.3 cm³/mol. The van der Waals surface area contributed by atoms with Gasteiger partial charge in [0.15, 0.2) is 5.65 Å². The molecule has 0 bridgehead atoms. The van der Waals surface area contributed by atoms with Gasteiger partial charge in [-0.2, -0.15) is 0 Å². The molecular formula is C11H14N4OS. The number of nitrogens with one attached hydrogen (secondary N) is 1. The summed E-state index contributed by atoms with van der Waals surface area (Å²) in [6.45, 7) is 0. The first-order chi connectivity index (χ1) is 8.34. The average molecular weight is 250 g/mol. The van der Waals surface area contributed by atoms with E-state index in [1.165, 1.54) is 36.5 Å². The van der Waals surface area contributed by atoms with Crippen molar-refractivity contribution >= 4 is 17.4 Å². The molecule has 1 fully saturated rings. The van der Waals surface area contributed by atoms with Gasteiger partial charge in [0.1, 0.15) is 5.03 Å². The molecule has 2 aromatic heterocycles. The lowest BCUT2D eigenvalue weighted by molar-refractivity contribution is 0.516. The largest absolute Gasteiger partial charge is 0.347 e. The van der Waals surface area contributed by atoms with Gasteiger partial charge in [-0.3, -0.25) is 0 Å². The van der Waals surface area contributed by atoms with Gasteiger partial charge in [-0.15, -0.1) is 5.10 Å². The lowest BCUT2D eigenvalue weighted by atomic mass is 10.0. The van der Waals surface area contributed by atoms with E-state index in [1.807, 2.05) is 0 Å². The molecule has 2 heterocycles. The fourth-order valence-electron chi connectivity index (χ4n) is 2.24. The molecule has 1 saturated carbocycles. The van der Waals surface area contributed by atoms with Crippen LogP contribution in [0.5, 0.6) is 0 Å². The number of H-pyrrole nitrogens is 1. The normalized spacial score (nSPS) is 17.6. The van der Waals surface area contributed by atoms with Crippen molar-refractivity contribution in [2.45, 2.75) is 42.4 Å². The van der Waals surface area contributed by atoms with E-state index in [2.05, 4.69) is 15.2 Å². The summed E-state index contributed by atoms with van der Waals surface area (Å²) in [5.41, 5.74) is 0.445. The van der Waals surface area contributed by atoms with Crippen molar-refractivity contribution < 1.29 is 0 Å². The van der Waals surface area contributed by atoms with Gasteiger partial charge in [0.25, 0.3) is 0 Å². The van der Waals surface area contributed by atoms with Crippen molar-refractivity contribution in [3.05, 3.63) is 22.9 Å². The second-order valence-corrected chi connectivity index (χ2v) is 5.62. The maximum atomic E-state index is 11.4. The van der Waals surface area contributed by atoms with Crippen molar-refractivity contribution in [1.29, 1.82) is 0 Å². The number of nitrogens with zero attached hydrogens (tertiary/aromatic N) is 3. The first-order valence-electron chi connectivity index (χ1n) is 5.93.